The van der Waals surface area contributed by atoms with Gasteiger partial charge in [-0.25, -0.2) is 0 Å². The van der Waals surface area contributed by atoms with Crippen molar-refractivity contribution in [3.05, 3.63) is 70.8 Å². The minimum atomic E-state index is 0.106. The van der Waals surface area contributed by atoms with Crippen LogP contribution in [0.1, 0.15) is 35.6 Å². The molecule has 0 aliphatic carbocycles. The second-order valence-corrected chi connectivity index (χ2v) is 6.10. The van der Waals surface area contributed by atoms with Crippen molar-refractivity contribution in [3.8, 4) is 0 Å². The van der Waals surface area contributed by atoms with E-state index in [9.17, 15) is 4.79 Å². The van der Waals surface area contributed by atoms with E-state index < -0.39 is 0 Å². The Bertz CT molecular complexity index is 619. The standard InChI is InChI=1S/C20H25NO/c1-15-9-10-16(2)19(13-15)14-20(22)21-17(3)11-12-18-7-5-4-6-8-18/h4-10,13,17H,11-12,14H2,1-3H3,(H,21,22)/t17-/m0/s1. The Balaban J connectivity index is 1.82. The van der Waals surface area contributed by atoms with Crippen LogP contribution in [0.2, 0.25) is 0 Å². The molecule has 0 spiro atoms. The fourth-order valence-corrected chi connectivity index (χ4v) is 2.59. The van der Waals surface area contributed by atoms with Crippen molar-refractivity contribution in [1.82, 2.24) is 5.32 Å². The highest BCUT2D eigenvalue weighted by atomic mass is 16.1. The Morgan fingerprint density at radius 1 is 1.09 bits per heavy atom. The smallest absolute Gasteiger partial charge is 0.224 e. The van der Waals surface area contributed by atoms with Gasteiger partial charge in [-0.1, -0.05) is 54.1 Å². The average molecular weight is 295 g/mol. The van der Waals surface area contributed by atoms with Gasteiger partial charge in [0.05, 0.1) is 6.42 Å². The fraction of sp³-hybridized carbons (Fsp3) is 0.350. The van der Waals surface area contributed by atoms with Gasteiger partial charge in [0.1, 0.15) is 0 Å². The summed E-state index contributed by atoms with van der Waals surface area (Å²) < 4.78 is 0. The van der Waals surface area contributed by atoms with Crippen molar-refractivity contribution >= 4 is 5.91 Å². The normalized spacial score (nSPS) is 12.0. The molecule has 0 aliphatic heterocycles. The molecule has 0 aromatic heterocycles. The maximum Gasteiger partial charge on any atom is 0.224 e. The number of carbonyl (C=O) groups excluding carboxylic acids is 1. The zero-order valence-electron chi connectivity index (χ0n) is 13.7. The Morgan fingerprint density at radius 2 is 1.82 bits per heavy atom. The van der Waals surface area contributed by atoms with Crippen molar-refractivity contribution in [1.29, 1.82) is 0 Å². The van der Waals surface area contributed by atoms with Crippen molar-refractivity contribution in [2.75, 3.05) is 0 Å². The van der Waals surface area contributed by atoms with Crippen molar-refractivity contribution < 1.29 is 4.79 Å². The van der Waals surface area contributed by atoms with Crippen molar-refractivity contribution in [2.45, 2.75) is 46.1 Å². The molecule has 1 atom stereocenters. The molecule has 0 fully saturated rings. The Hall–Kier alpha value is -2.09. The molecule has 0 radical (unpaired) electrons. The van der Waals surface area contributed by atoms with E-state index in [-0.39, 0.29) is 11.9 Å². The second-order valence-electron chi connectivity index (χ2n) is 6.10. The average Bonchev–Trinajstić information content (AvgIpc) is 2.50. The van der Waals surface area contributed by atoms with Gasteiger partial charge in [0.15, 0.2) is 0 Å². The maximum atomic E-state index is 12.2. The zero-order valence-corrected chi connectivity index (χ0v) is 13.7. The molecule has 2 rings (SSSR count). The van der Waals surface area contributed by atoms with E-state index in [4.69, 9.17) is 0 Å². The fourth-order valence-electron chi connectivity index (χ4n) is 2.59. The summed E-state index contributed by atoms with van der Waals surface area (Å²) in [6.45, 7) is 6.19. The van der Waals surface area contributed by atoms with Crippen LogP contribution >= 0.6 is 0 Å². The Kier molecular flexibility index (Phi) is 5.76. The molecule has 2 nitrogen and oxygen atoms in total. The molecule has 2 aromatic carbocycles. The lowest BCUT2D eigenvalue weighted by atomic mass is 10.0. The maximum absolute atomic E-state index is 12.2. The minimum absolute atomic E-state index is 0.106. The Morgan fingerprint density at radius 3 is 2.55 bits per heavy atom. The lowest BCUT2D eigenvalue weighted by Crippen LogP contribution is -2.34. The van der Waals surface area contributed by atoms with Gasteiger partial charge in [0, 0.05) is 6.04 Å². The number of hydrogen-bond donors (Lipinski definition) is 1. The number of hydrogen-bond acceptors (Lipinski definition) is 1. The predicted octanol–water partition coefficient (Wildman–Crippen LogP) is 3.98. The lowest BCUT2D eigenvalue weighted by Gasteiger charge is -2.15. The van der Waals surface area contributed by atoms with Gasteiger partial charge in [-0.2, -0.15) is 0 Å². The summed E-state index contributed by atoms with van der Waals surface area (Å²) in [6, 6.07) is 16.9. The largest absolute Gasteiger partial charge is 0.353 e. The van der Waals surface area contributed by atoms with Crippen molar-refractivity contribution in [3.63, 3.8) is 0 Å². The lowest BCUT2D eigenvalue weighted by molar-refractivity contribution is -0.121. The SMILES string of the molecule is Cc1ccc(C)c(CC(=O)N[C@@H](C)CCc2ccccc2)c1. The highest BCUT2D eigenvalue weighted by molar-refractivity contribution is 5.79. The molecule has 116 valence electrons. The van der Waals surface area contributed by atoms with Gasteiger partial charge < -0.3 is 5.32 Å². The molecule has 2 heteroatoms. The van der Waals surface area contributed by atoms with Gasteiger partial charge in [0.25, 0.3) is 0 Å². The highest BCUT2D eigenvalue weighted by Gasteiger charge is 2.10. The first-order valence-corrected chi connectivity index (χ1v) is 7.94. The van der Waals surface area contributed by atoms with Crippen LogP contribution in [0.5, 0.6) is 0 Å². The van der Waals surface area contributed by atoms with E-state index in [1.165, 1.54) is 16.7 Å². The van der Waals surface area contributed by atoms with E-state index in [1.54, 1.807) is 0 Å². The van der Waals surface area contributed by atoms with Crippen LogP contribution < -0.4 is 5.32 Å². The molecule has 2 aromatic rings. The van der Waals surface area contributed by atoms with Gasteiger partial charge in [-0.3, -0.25) is 4.79 Å². The Labute approximate surface area is 133 Å². The summed E-state index contributed by atoms with van der Waals surface area (Å²) in [4.78, 5) is 12.2. The van der Waals surface area contributed by atoms with Crippen LogP contribution in [0.3, 0.4) is 0 Å². The summed E-state index contributed by atoms with van der Waals surface area (Å²) >= 11 is 0. The first-order chi connectivity index (χ1) is 10.5. The van der Waals surface area contributed by atoms with Crippen LogP contribution in [-0.2, 0) is 17.6 Å². The van der Waals surface area contributed by atoms with Gasteiger partial charge >= 0.3 is 0 Å². The van der Waals surface area contributed by atoms with Gasteiger partial charge in [0.2, 0.25) is 5.91 Å². The molecule has 0 bridgehead atoms. The van der Waals surface area contributed by atoms with E-state index >= 15 is 0 Å². The van der Waals surface area contributed by atoms with Crippen LogP contribution in [0.4, 0.5) is 0 Å². The van der Waals surface area contributed by atoms with Crippen LogP contribution in [-0.4, -0.2) is 11.9 Å². The number of aryl methyl sites for hydroxylation is 3. The monoisotopic (exact) mass is 295 g/mol. The quantitative estimate of drug-likeness (QED) is 0.858. The molecular formula is C20H25NO. The number of benzene rings is 2. The van der Waals surface area contributed by atoms with E-state index in [2.05, 4.69) is 68.6 Å². The molecule has 1 amide bonds. The minimum Gasteiger partial charge on any atom is -0.353 e. The molecule has 0 saturated heterocycles. The molecule has 0 heterocycles. The number of amides is 1. The zero-order chi connectivity index (χ0) is 15.9. The number of carbonyl (C=O) groups is 1. The third-order valence-corrected chi connectivity index (χ3v) is 3.97. The van der Waals surface area contributed by atoms with E-state index in [1.807, 2.05) is 6.07 Å². The first kappa shape index (κ1) is 16.3. The van der Waals surface area contributed by atoms with Gasteiger partial charge in [-0.15, -0.1) is 0 Å². The third-order valence-electron chi connectivity index (χ3n) is 3.97. The first-order valence-electron chi connectivity index (χ1n) is 7.94. The topological polar surface area (TPSA) is 29.1 Å². The van der Waals surface area contributed by atoms with Gasteiger partial charge in [-0.05, 0) is 50.3 Å². The molecule has 0 aliphatic rings. The highest BCUT2D eigenvalue weighted by Crippen LogP contribution is 2.11. The number of nitrogens with one attached hydrogen (secondary N) is 1. The molecular weight excluding hydrogens is 270 g/mol. The molecule has 1 N–H and O–H groups in total. The third kappa shape index (κ3) is 5.03. The van der Waals surface area contributed by atoms with Crippen LogP contribution in [0.15, 0.2) is 48.5 Å². The van der Waals surface area contributed by atoms with E-state index in [0.717, 1.165) is 18.4 Å². The molecule has 0 unspecified atom stereocenters. The summed E-state index contributed by atoms with van der Waals surface area (Å²) in [5.41, 5.74) is 4.81. The predicted molar refractivity (Wildman–Crippen MR) is 92.0 cm³/mol. The molecule has 0 saturated carbocycles. The van der Waals surface area contributed by atoms with E-state index in [0.29, 0.717) is 6.42 Å². The van der Waals surface area contributed by atoms with Crippen molar-refractivity contribution in [2.24, 2.45) is 0 Å². The molecule has 22 heavy (non-hydrogen) atoms. The second kappa shape index (κ2) is 7.79. The summed E-state index contributed by atoms with van der Waals surface area (Å²) in [5, 5.41) is 3.11. The van der Waals surface area contributed by atoms with Crippen LogP contribution in [0.25, 0.3) is 0 Å². The summed E-state index contributed by atoms with van der Waals surface area (Å²) in [7, 11) is 0. The summed E-state index contributed by atoms with van der Waals surface area (Å²) in [5.74, 6) is 0.106. The summed E-state index contributed by atoms with van der Waals surface area (Å²) in [6.07, 6.45) is 2.41. The number of rotatable bonds is 6. The van der Waals surface area contributed by atoms with Crippen LogP contribution in [0, 0.1) is 13.8 Å².